The second kappa shape index (κ2) is 75.4. The van der Waals surface area contributed by atoms with Gasteiger partial charge in [-0.2, -0.15) is 0 Å². The molecule has 0 fully saturated rings. The van der Waals surface area contributed by atoms with Crippen molar-refractivity contribution in [3.63, 3.8) is 0 Å². The highest BCUT2D eigenvalue weighted by Crippen LogP contribution is 2.20. The Morgan fingerprint density at radius 3 is 0.714 bits per heavy atom. The second-order valence-corrected chi connectivity index (χ2v) is 26.4. The lowest BCUT2D eigenvalue weighted by molar-refractivity contribution is -0.161. The van der Waals surface area contributed by atoms with Crippen molar-refractivity contribution in [2.75, 3.05) is 13.2 Å². The lowest BCUT2D eigenvalue weighted by Gasteiger charge is -2.15. The first-order valence-corrected chi connectivity index (χ1v) is 38.5. The predicted molar refractivity (Wildman–Crippen MR) is 371 cm³/mol. The Morgan fingerprint density at radius 2 is 0.476 bits per heavy atom. The molecule has 0 aromatic carbocycles. The molecule has 0 heterocycles. The summed E-state index contributed by atoms with van der Waals surface area (Å²) >= 11 is 0. The summed E-state index contributed by atoms with van der Waals surface area (Å²) in [7, 11) is 0. The van der Waals surface area contributed by atoms with Crippen LogP contribution in [-0.2, 0) is 19.1 Å². The molecule has 5 nitrogen and oxygen atoms in total. The zero-order valence-corrected chi connectivity index (χ0v) is 57.2. The molecule has 0 radical (unpaired) electrons. The Hall–Kier alpha value is -1.88. The molecule has 0 aliphatic rings. The fraction of sp³-hybridized carbons (Fsp3) is 0.899. The van der Waals surface area contributed by atoms with E-state index in [1.807, 2.05) is 0 Å². The van der Waals surface area contributed by atoms with Crippen LogP contribution in [0.4, 0.5) is 0 Å². The minimum atomic E-state index is -0.770. The van der Waals surface area contributed by atoms with Gasteiger partial charge in [-0.25, -0.2) is 0 Å². The molecular weight excluding hydrogens is 1030 g/mol. The summed E-state index contributed by atoms with van der Waals surface area (Å²) in [4.78, 5) is 24.7. The van der Waals surface area contributed by atoms with Crippen LogP contribution in [0.2, 0.25) is 0 Å². The molecule has 0 rings (SSSR count). The number of carbonyl (C=O) groups excluding carboxylic acids is 2. The number of hydrogen-bond acceptors (Lipinski definition) is 5. The molecule has 1 atom stereocenters. The van der Waals surface area contributed by atoms with E-state index in [1.54, 1.807) is 0 Å². The number of esters is 2. The molecule has 1 unspecified atom stereocenters. The molecule has 0 spiro atoms. The minimum Gasteiger partial charge on any atom is -0.462 e. The Balaban J connectivity index is 3.36. The number of carbonyl (C=O) groups is 2. The van der Waals surface area contributed by atoms with Gasteiger partial charge in [-0.3, -0.25) is 9.59 Å². The number of ether oxygens (including phenoxy) is 2. The first-order valence-electron chi connectivity index (χ1n) is 38.5. The molecule has 0 aromatic rings. The number of unbranched alkanes of at least 4 members (excludes halogenated alkanes) is 59. The zero-order valence-electron chi connectivity index (χ0n) is 57.2. The van der Waals surface area contributed by atoms with Gasteiger partial charge >= 0.3 is 11.9 Å². The molecule has 0 aliphatic heterocycles. The third kappa shape index (κ3) is 72.6. The first kappa shape index (κ1) is 82.1. The van der Waals surface area contributed by atoms with Crippen LogP contribution in [0.5, 0.6) is 0 Å². The largest absolute Gasteiger partial charge is 0.462 e. The van der Waals surface area contributed by atoms with Crippen molar-refractivity contribution in [1.82, 2.24) is 0 Å². The number of aliphatic hydroxyl groups excluding tert-OH is 1. The van der Waals surface area contributed by atoms with Crippen LogP contribution < -0.4 is 0 Å². The van der Waals surface area contributed by atoms with E-state index in [4.69, 9.17) is 9.47 Å². The third-order valence-corrected chi connectivity index (χ3v) is 17.9. The molecule has 5 heteroatoms. The van der Waals surface area contributed by atoms with Crippen LogP contribution in [0, 0.1) is 0 Å². The van der Waals surface area contributed by atoms with Gasteiger partial charge in [0.25, 0.3) is 0 Å². The summed E-state index contributed by atoms with van der Waals surface area (Å²) in [5, 5.41) is 9.72. The molecule has 0 saturated heterocycles. The maximum atomic E-state index is 12.4. The Kier molecular flexibility index (Phi) is 73.7. The number of hydrogen-bond donors (Lipinski definition) is 1. The summed E-state index contributed by atoms with van der Waals surface area (Å²) in [6.45, 7) is 4.20. The van der Waals surface area contributed by atoms with Gasteiger partial charge in [-0.15, -0.1) is 0 Å². The number of rotatable bonds is 73. The van der Waals surface area contributed by atoms with Crippen molar-refractivity contribution >= 4 is 11.9 Å². The summed E-state index contributed by atoms with van der Waals surface area (Å²) in [5.41, 5.74) is 0. The zero-order chi connectivity index (χ0) is 60.5. The normalized spacial score (nSPS) is 12.3. The molecule has 0 amide bonds. The van der Waals surface area contributed by atoms with E-state index in [-0.39, 0.29) is 25.2 Å². The molecule has 84 heavy (non-hydrogen) atoms. The minimum absolute atomic E-state index is 0.0584. The Bertz CT molecular complexity index is 1340. The molecule has 496 valence electrons. The summed E-state index contributed by atoms with van der Waals surface area (Å²) < 4.78 is 10.8. The van der Waals surface area contributed by atoms with Crippen LogP contribution >= 0.6 is 0 Å². The van der Waals surface area contributed by atoms with Gasteiger partial charge in [0, 0.05) is 12.8 Å². The van der Waals surface area contributed by atoms with Crippen molar-refractivity contribution < 1.29 is 24.2 Å². The maximum absolute atomic E-state index is 12.4. The number of aliphatic hydroxyl groups is 1. The SMILES string of the molecule is CCCCCCC/C=C\C/C=C\CCCCCCCCCCCCCCCCCCCCCCCC(=O)OC(CO)COC(=O)CCCCCCCCCCCCCCCCCCCCCCCCCCC/C=C\CCCCCCCCCC. The van der Waals surface area contributed by atoms with Crippen molar-refractivity contribution in [2.24, 2.45) is 0 Å². The highest BCUT2D eigenvalue weighted by Gasteiger charge is 2.16. The van der Waals surface area contributed by atoms with E-state index in [0.717, 1.165) is 38.5 Å². The second-order valence-electron chi connectivity index (χ2n) is 26.4. The van der Waals surface area contributed by atoms with Crippen LogP contribution in [-0.4, -0.2) is 36.4 Å². The van der Waals surface area contributed by atoms with Gasteiger partial charge in [0.15, 0.2) is 6.10 Å². The Morgan fingerprint density at radius 1 is 0.274 bits per heavy atom. The Labute approximate surface area is 526 Å². The molecule has 0 aromatic heterocycles. The highest BCUT2D eigenvalue weighted by atomic mass is 16.6. The van der Waals surface area contributed by atoms with Crippen molar-refractivity contribution in [1.29, 1.82) is 0 Å². The fourth-order valence-electron chi connectivity index (χ4n) is 12.1. The predicted octanol–water partition coefficient (Wildman–Crippen LogP) is 26.9. The van der Waals surface area contributed by atoms with Gasteiger partial charge in [-0.05, 0) is 70.6 Å². The smallest absolute Gasteiger partial charge is 0.306 e. The van der Waals surface area contributed by atoms with Gasteiger partial charge in [0.2, 0.25) is 0 Å². The van der Waals surface area contributed by atoms with Crippen LogP contribution in [0.3, 0.4) is 0 Å². The molecule has 0 aliphatic carbocycles. The standard InChI is InChI=1S/C79H150O5/c1-3-5-7-9-11-13-15-17-19-21-23-25-27-29-31-33-35-37-38-39-40-42-43-45-47-49-51-53-55-57-59-61-63-65-67-69-71-73-78(81)83-76-77(75-80)84-79(82)74-72-70-68-66-64-62-60-58-56-54-52-50-48-46-44-41-36-34-32-30-28-26-24-22-20-18-16-14-12-10-8-6-4-2/h16,18,21-24,77,80H,3-15,17,19-20,25-76H2,1-2H3/b18-16-,23-21-,24-22-. The van der Waals surface area contributed by atoms with Gasteiger partial charge in [-0.1, -0.05) is 391 Å². The molecule has 1 N–H and O–H groups in total. The topological polar surface area (TPSA) is 72.8 Å². The van der Waals surface area contributed by atoms with E-state index in [0.29, 0.717) is 12.8 Å². The fourth-order valence-corrected chi connectivity index (χ4v) is 12.1. The van der Waals surface area contributed by atoms with Crippen molar-refractivity contribution in [3.8, 4) is 0 Å². The van der Waals surface area contributed by atoms with Crippen LogP contribution in [0.25, 0.3) is 0 Å². The van der Waals surface area contributed by atoms with Crippen molar-refractivity contribution in [3.05, 3.63) is 36.5 Å². The quantitative estimate of drug-likeness (QED) is 0.0373. The van der Waals surface area contributed by atoms with Crippen LogP contribution in [0.15, 0.2) is 36.5 Å². The van der Waals surface area contributed by atoms with Gasteiger partial charge in [0.05, 0.1) is 6.61 Å². The number of allylic oxidation sites excluding steroid dienone is 6. The van der Waals surface area contributed by atoms with Gasteiger partial charge < -0.3 is 14.6 Å². The van der Waals surface area contributed by atoms with E-state index < -0.39 is 6.10 Å². The summed E-state index contributed by atoms with van der Waals surface area (Å²) in [6, 6.07) is 0. The average Bonchev–Trinajstić information content (AvgIpc) is 3.51. The van der Waals surface area contributed by atoms with E-state index in [9.17, 15) is 14.7 Å². The average molecular weight is 1180 g/mol. The monoisotopic (exact) mass is 1180 g/mol. The van der Waals surface area contributed by atoms with Crippen molar-refractivity contribution in [2.45, 2.75) is 444 Å². The van der Waals surface area contributed by atoms with E-state index >= 15 is 0 Å². The lowest BCUT2D eigenvalue weighted by Crippen LogP contribution is -2.28. The highest BCUT2D eigenvalue weighted by molar-refractivity contribution is 5.70. The van der Waals surface area contributed by atoms with Crippen LogP contribution in [0.1, 0.15) is 438 Å². The maximum Gasteiger partial charge on any atom is 0.306 e. The summed E-state index contributed by atoms with van der Waals surface area (Å²) in [6.07, 6.45) is 101. The molecule has 0 bridgehead atoms. The van der Waals surface area contributed by atoms with E-state index in [2.05, 4.69) is 50.3 Å². The molecule has 0 saturated carbocycles. The summed E-state index contributed by atoms with van der Waals surface area (Å²) in [5.74, 6) is -0.562. The van der Waals surface area contributed by atoms with E-state index in [1.165, 1.54) is 372 Å². The molecular formula is C79H150O5. The first-order chi connectivity index (χ1) is 41.6. The lowest BCUT2D eigenvalue weighted by atomic mass is 10.0. The third-order valence-electron chi connectivity index (χ3n) is 17.9. The van der Waals surface area contributed by atoms with Gasteiger partial charge in [0.1, 0.15) is 6.61 Å².